The van der Waals surface area contributed by atoms with Gasteiger partial charge in [0.25, 0.3) is 0 Å². The van der Waals surface area contributed by atoms with Gasteiger partial charge in [-0.05, 0) is 24.3 Å². The minimum absolute atomic E-state index is 0.154. The van der Waals surface area contributed by atoms with Crippen LogP contribution in [0.25, 0.3) is 0 Å². The molecule has 8 nitrogen and oxygen atoms in total. The maximum Gasteiger partial charge on any atom is 0.414 e. The molecule has 0 unspecified atom stereocenters. The van der Waals surface area contributed by atoms with Crippen molar-refractivity contribution in [2.24, 2.45) is 0 Å². The van der Waals surface area contributed by atoms with E-state index in [-0.39, 0.29) is 6.10 Å². The van der Waals surface area contributed by atoms with Crippen molar-refractivity contribution in [2.45, 2.75) is 12.2 Å². The lowest BCUT2D eigenvalue weighted by Crippen LogP contribution is -2.29. The summed E-state index contributed by atoms with van der Waals surface area (Å²) >= 11 is 0. The first kappa shape index (κ1) is 16.7. The van der Waals surface area contributed by atoms with Gasteiger partial charge in [0.05, 0.1) is 7.11 Å². The molecular formula is C13H17NO7. The van der Waals surface area contributed by atoms with Crippen molar-refractivity contribution >= 4 is 11.9 Å². The molecule has 0 saturated carbocycles. The van der Waals surface area contributed by atoms with E-state index < -0.39 is 18.0 Å². The number of carbonyl (C=O) groups is 2. The fourth-order valence-electron chi connectivity index (χ4n) is 1.59. The van der Waals surface area contributed by atoms with Crippen molar-refractivity contribution < 1.29 is 34.4 Å². The Morgan fingerprint density at radius 1 is 1.10 bits per heavy atom. The second-order valence-electron chi connectivity index (χ2n) is 4.17. The van der Waals surface area contributed by atoms with Crippen molar-refractivity contribution in [1.29, 1.82) is 0 Å². The third kappa shape index (κ3) is 5.67. The van der Waals surface area contributed by atoms with Gasteiger partial charge in [-0.3, -0.25) is 0 Å². The maximum absolute atomic E-state index is 9.54. The zero-order chi connectivity index (χ0) is 15.8. The summed E-state index contributed by atoms with van der Waals surface area (Å²) in [4.78, 5) is 18.2. The number of aliphatic carboxylic acids is 2. The van der Waals surface area contributed by atoms with Crippen LogP contribution in [0, 0.1) is 0 Å². The van der Waals surface area contributed by atoms with Crippen LogP contribution < -0.4 is 14.8 Å². The van der Waals surface area contributed by atoms with Gasteiger partial charge in [-0.25, -0.2) is 9.59 Å². The lowest BCUT2D eigenvalue weighted by Gasteiger charge is -2.16. The summed E-state index contributed by atoms with van der Waals surface area (Å²) in [7, 11) is 1.63. The molecule has 0 amide bonds. The van der Waals surface area contributed by atoms with E-state index in [9.17, 15) is 5.11 Å². The van der Waals surface area contributed by atoms with Crippen LogP contribution in [-0.2, 0) is 9.59 Å². The molecular weight excluding hydrogens is 282 g/mol. The molecule has 0 aromatic heterocycles. The van der Waals surface area contributed by atoms with Crippen LogP contribution in [0.15, 0.2) is 24.3 Å². The zero-order valence-electron chi connectivity index (χ0n) is 11.4. The van der Waals surface area contributed by atoms with Crippen LogP contribution in [0.2, 0.25) is 0 Å². The lowest BCUT2D eigenvalue weighted by atomic mass is 10.2. The van der Waals surface area contributed by atoms with Crippen molar-refractivity contribution in [1.82, 2.24) is 5.32 Å². The summed E-state index contributed by atoms with van der Waals surface area (Å²) in [6, 6.07) is 7.35. The number of aliphatic hydroxyl groups excluding tert-OH is 1. The summed E-state index contributed by atoms with van der Waals surface area (Å²) in [5.74, 6) is -2.10. The smallest absolute Gasteiger partial charge is 0.414 e. The van der Waals surface area contributed by atoms with Crippen molar-refractivity contribution in [3.63, 3.8) is 0 Å². The van der Waals surface area contributed by atoms with Crippen molar-refractivity contribution in [3.8, 4) is 11.5 Å². The SMILES string of the molecule is COc1ccc(O[C@H]2CNC[C@@H]2O)cc1.O=C(O)C(=O)O. The summed E-state index contributed by atoms with van der Waals surface area (Å²) in [5.41, 5.74) is 0. The molecule has 21 heavy (non-hydrogen) atoms. The Labute approximate surface area is 120 Å². The number of carboxylic acids is 2. The number of benzene rings is 1. The van der Waals surface area contributed by atoms with Gasteiger partial charge in [-0.15, -0.1) is 0 Å². The molecule has 116 valence electrons. The van der Waals surface area contributed by atoms with E-state index in [1.165, 1.54) is 0 Å². The zero-order valence-corrected chi connectivity index (χ0v) is 11.4. The van der Waals surface area contributed by atoms with Crippen LogP contribution in [0.4, 0.5) is 0 Å². The fourth-order valence-corrected chi connectivity index (χ4v) is 1.59. The highest BCUT2D eigenvalue weighted by molar-refractivity contribution is 6.27. The Bertz CT molecular complexity index is 462. The van der Waals surface area contributed by atoms with Gasteiger partial charge < -0.3 is 30.1 Å². The molecule has 1 fully saturated rings. The van der Waals surface area contributed by atoms with Gasteiger partial charge in [-0.2, -0.15) is 0 Å². The van der Waals surface area contributed by atoms with E-state index >= 15 is 0 Å². The highest BCUT2D eigenvalue weighted by Crippen LogP contribution is 2.19. The molecule has 4 N–H and O–H groups in total. The van der Waals surface area contributed by atoms with E-state index in [0.717, 1.165) is 11.5 Å². The number of hydrogen-bond donors (Lipinski definition) is 4. The van der Waals surface area contributed by atoms with Gasteiger partial charge in [0.2, 0.25) is 0 Å². The second kappa shape index (κ2) is 8.08. The molecule has 2 rings (SSSR count). The molecule has 1 aromatic rings. The number of nitrogens with one attached hydrogen (secondary N) is 1. The summed E-state index contributed by atoms with van der Waals surface area (Å²) < 4.78 is 10.7. The highest BCUT2D eigenvalue weighted by atomic mass is 16.5. The topological polar surface area (TPSA) is 125 Å². The standard InChI is InChI=1S/C11H15NO3.C2H2O4/c1-14-8-2-4-9(5-3-8)15-11-7-12-6-10(11)13;3-1(4)2(5)6/h2-5,10-13H,6-7H2,1H3;(H,3,4)(H,5,6)/t10-,11-;/m0./s1. The first-order valence-electron chi connectivity index (χ1n) is 6.09. The van der Waals surface area contributed by atoms with Crippen LogP contribution in [0.5, 0.6) is 11.5 Å². The molecule has 1 aromatic carbocycles. The Hall–Kier alpha value is -2.32. The molecule has 1 aliphatic heterocycles. The number of aliphatic hydroxyl groups is 1. The molecule has 0 bridgehead atoms. The minimum atomic E-state index is -1.82. The number of rotatable bonds is 3. The van der Waals surface area contributed by atoms with E-state index in [1.54, 1.807) is 7.11 Å². The van der Waals surface area contributed by atoms with Crippen LogP contribution in [-0.4, -0.2) is 59.7 Å². The predicted molar refractivity (Wildman–Crippen MR) is 71.6 cm³/mol. The number of β-amino-alcohol motifs (C(OH)–C–C–N with tert-alkyl or cyclic N) is 1. The molecule has 0 spiro atoms. The summed E-state index contributed by atoms with van der Waals surface area (Å²) in [5, 5.41) is 27.4. The second-order valence-corrected chi connectivity index (χ2v) is 4.17. The number of hydrogen-bond acceptors (Lipinski definition) is 6. The van der Waals surface area contributed by atoms with Crippen LogP contribution >= 0.6 is 0 Å². The van der Waals surface area contributed by atoms with Gasteiger partial charge in [0.1, 0.15) is 23.7 Å². The first-order valence-corrected chi connectivity index (χ1v) is 6.09. The molecule has 1 saturated heterocycles. The third-order valence-electron chi connectivity index (χ3n) is 2.66. The van der Waals surface area contributed by atoms with E-state index in [1.807, 2.05) is 24.3 Å². The maximum atomic E-state index is 9.54. The lowest BCUT2D eigenvalue weighted by molar-refractivity contribution is -0.159. The van der Waals surface area contributed by atoms with Gasteiger partial charge in [0, 0.05) is 13.1 Å². The normalized spacial score (nSPS) is 20.1. The number of carboxylic acid groups (broad SMARTS) is 2. The number of ether oxygens (including phenoxy) is 2. The van der Waals surface area contributed by atoms with Crippen molar-refractivity contribution in [3.05, 3.63) is 24.3 Å². The number of methoxy groups -OCH3 is 1. The van der Waals surface area contributed by atoms with E-state index in [2.05, 4.69) is 5.32 Å². The van der Waals surface area contributed by atoms with Gasteiger partial charge in [0.15, 0.2) is 0 Å². The molecule has 8 heteroatoms. The molecule has 0 radical (unpaired) electrons. The van der Waals surface area contributed by atoms with Gasteiger partial charge in [-0.1, -0.05) is 0 Å². The molecule has 1 heterocycles. The Kier molecular flexibility index (Phi) is 6.44. The third-order valence-corrected chi connectivity index (χ3v) is 2.66. The predicted octanol–water partition coefficient (Wildman–Crippen LogP) is -0.438. The van der Waals surface area contributed by atoms with Crippen LogP contribution in [0.3, 0.4) is 0 Å². The summed E-state index contributed by atoms with van der Waals surface area (Å²) in [6.07, 6.45) is -0.578. The monoisotopic (exact) mass is 299 g/mol. The van der Waals surface area contributed by atoms with E-state index in [0.29, 0.717) is 13.1 Å². The van der Waals surface area contributed by atoms with Crippen LogP contribution in [0.1, 0.15) is 0 Å². The average Bonchev–Trinajstić information content (AvgIpc) is 2.86. The first-order chi connectivity index (χ1) is 9.93. The average molecular weight is 299 g/mol. The van der Waals surface area contributed by atoms with Gasteiger partial charge >= 0.3 is 11.9 Å². The molecule has 2 atom stereocenters. The Morgan fingerprint density at radius 3 is 2.00 bits per heavy atom. The quantitative estimate of drug-likeness (QED) is 0.554. The Balaban J connectivity index is 0.000000315. The largest absolute Gasteiger partial charge is 0.497 e. The Morgan fingerprint density at radius 2 is 1.62 bits per heavy atom. The molecule has 0 aliphatic carbocycles. The van der Waals surface area contributed by atoms with E-state index in [4.69, 9.17) is 29.3 Å². The summed E-state index contributed by atoms with van der Waals surface area (Å²) in [6.45, 7) is 1.29. The minimum Gasteiger partial charge on any atom is -0.497 e. The highest BCUT2D eigenvalue weighted by Gasteiger charge is 2.26. The fraction of sp³-hybridized carbons (Fsp3) is 0.385. The van der Waals surface area contributed by atoms with Crippen molar-refractivity contribution in [2.75, 3.05) is 20.2 Å². The molecule has 1 aliphatic rings.